The molecule has 4 N–H and O–H groups in total. The maximum atomic E-state index is 11.8. The number of anilines is 1. The van der Waals surface area contributed by atoms with Crippen molar-refractivity contribution in [1.29, 1.82) is 0 Å². The second-order valence-electron chi connectivity index (χ2n) is 5.59. The summed E-state index contributed by atoms with van der Waals surface area (Å²) in [5.41, 5.74) is 0.355. The van der Waals surface area contributed by atoms with Crippen molar-refractivity contribution in [1.82, 2.24) is 5.32 Å². The fraction of sp³-hybridized carbons (Fsp3) is 0.467. The quantitative estimate of drug-likeness (QED) is 0.606. The van der Waals surface area contributed by atoms with E-state index in [2.05, 4.69) is 17.6 Å². The lowest BCUT2D eigenvalue weighted by Gasteiger charge is -2.15. The summed E-state index contributed by atoms with van der Waals surface area (Å²) < 4.78 is 0. The van der Waals surface area contributed by atoms with Gasteiger partial charge < -0.3 is 20.8 Å². The van der Waals surface area contributed by atoms with Crippen LogP contribution in [0.5, 0.6) is 5.75 Å². The monoisotopic (exact) mass is 292 g/mol. The zero-order valence-corrected chi connectivity index (χ0v) is 12.0. The Balaban J connectivity index is 1.91. The van der Waals surface area contributed by atoms with E-state index in [-0.39, 0.29) is 22.8 Å². The molecular formula is C15H20N2O4. The molecule has 1 fully saturated rings. The Hall–Kier alpha value is -2.24. The normalized spacial score (nSPS) is 15.3. The van der Waals surface area contributed by atoms with E-state index in [9.17, 15) is 14.7 Å². The van der Waals surface area contributed by atoms with Crippen molar-refractivity contribution < 1.29 is 19.8 Å². The van der Waals surface area contributed by atoms with Crippen molar-refractivity contribution in [3.63, 3.8) is 0 Å². The molecule has 1 aromatic carbocycles. The van der Waals surface area contributed by atoms with Crippen molar-refractivity contribution in [3.05, 3.63) is 23.8 Å². The molecular weight excluding hydrogens is 272 g/mol. The highest BCUT2D eigenvalue weighted by atomic mass is 16.4. The Morgan fingerprint density at radius 3 is 2.62 bits per heavy atom. The molecule has 0 bridgehead atoms. The standard InChI is InChI=1S/C15H20N2O4/c1-2-5-15(6-7-15)9-16-14(21)17-10-3-4-12(18)11(8-10)13(19)20/h3-4,8,18H,2,5-7,9H2,1H3,(H,19,20)(H2,16,17,21). The largest absolute Gasteiger partial charge is 0.507 e. The van der Waals surface area contributed by atoms with Gasteiger partial charge in [0.1, 0.15) is 11.3 Å². The Morgan fingerprint density at radius 1 is 1.33 bits per heavy atom. The number of aromatic hydroxyl groups is 1. The van der Waals surface area contributed by atoms with Crippen LogP contribution in [0, 0.1) is 5.41 Å². The van der Waals surface area contributed by atoms with Crippen molar-refractivity contribution in [2.45, 2.75) is 32.6 Å². The third-order valence-electron chi connectivity index (χ3n) is 3.85. The van der Waals surface area contributed by atoms with Crippen molar-refractivity contribution in [2.24, 2.45) is 5.41 Å². The fourth-order valence-electron chi connectivity index (χ4n) is 2.45. The van der Waals surface area contributed by atoms with Gasteiger partial charge in [0.25, 0.3) is 0 Å². The van der Waals surface area contributed by atoms with Crippen LogP contribution >= 0.6 is 0 Å². The van der Waals surface area contributed by atoms with Crippen molar-refractivity contribution >= 4 is 17.7 Å². The van der Waals surface area contributed by atoms with E-state index in [1.165, 1.54) is 18.2 Å². The number of hydrogen-bond donors (Lipinski definition) is 4. The predicted octanol–water partition coefficient (Wildman–Crippen LogP) is 2.79. The molecule has 2 amide bonds. The van der Waals surface area contributed by atoms with E-state index in [0.717, 1.165) is 25.7 Å². The van der Waals surface area contributed by atoms with Crippen LogP contribution in [-0.4, -0.2) is 28.8 Å². The van der Waals surface area contributed by atoms with Crippen LogP contribution in [0.2, 0.25) is 0 Å². The third kappa shape index (κ3) is 3.87. The first-order chi connectivity index (χ1) is 9.96. The summed E-state index contributed by atoms with van der Waals surface area (Å²) in [5, 5.41) is 23.7. The molecule has 0 heterocycles. The molecule has 114 valence electrons. The lowest BCUT2D eigenvalue weighted by molar-refractivity contribution is 0.0693. The van der Waals surface area contributed by atoms with Crippen LogP contribution < -0.4 is 10.6 Å². The summed E-state index contributed by atoms with van der Waals surface area (Å²) in [5.74, 6) is -1.57. The molecule has 1 aromatic rings. The average Bonchev–Trinajstić information content (AvgIpc) is 3.19. The number of rotatable bonds is 6. The van der Waals surface area contributed by atoms with E-state index in [1.807, 2.05) is 0 Å². The molecule has 2 rings (SSSR count). The van der Waals surface area contributed by atoms with Crippen LogP contribution in [-0.2, 0) is 0 Å². The number of carbonyl (C=O) groups excluding carboxylic acids is 1. The fourth-order valence-corrected chi connectivity index (χ4v) is 2.45. The van der Waals surface area contributed by atoms with Gasteiger partial charge in [0.15, 0.2) is 0 Å². The van der Waals surface area contributed by atoms with Crippen molar-refractivity contribution in [3.8, 4) is 5.75 Å². The third-order valence-corrected chi connectivity index (χ3v) is 3.85. The van der Waals surface area contributed by atoms with Crippen LogP contribution in [0.4, 0.5) is 10.5 Å². The summed E-state index contributed by atoms with van der Waals surface area (Å²) >= 11 is 0. The number of carboxylic acids is 1. The summed E-state index contributed by atoms with van der Waals surface area (Å²) in [6, 6.07) is 3.58. The maximum absolute atomic E-state index is 11.8. The zero-order valence-electron chi connectivity index (χ0n) is 12.0. The number of benzene rings is 1. The van der Waals surface area contributed by atoms with Gasteiger partial charge in [-0.3, -0.25) is 0 Å². The first-order valence-electron chi connectivity index (χ1n) is 7.07. The summed E-state index contributed by atoms with van der Waals surface area (Å²) in [6.07, 6.45) is 4.49. The SMILES string of the molecule is CCCC1(CNC(=O)Nc2ccc(O)c(C(=O)O)c2)CC1. The molecule has 0 atom stereocenters. The molecule has 21 heavy (non-hydrogen) atoms. The lowest BCUT2D eigenvalue weighted by atomic mass is 10.0. The number of phenols is 1. The molecule has 0 aromatic heterocycles. The first-order valence-corrected chi connectivity index (χ1v) is 7.07. The number of hydrogen-bond acceptors (Lipinski definition) is 3. The Kier molecular flexibility index (Phi) is 4.35. The molecule has 6 nitrogen and oxygen atoms in total. The molecule has 1 aliphatic carbocycles. The number of urea groups is 1. The molecule has 0 aliphatic heterocycles. The molecule has 0 unspecified atom stereocenters. The Morgan fingerprint density at radius 2 is 2.05 bits per heavy atom. The van der Waals surface area contributed by atoms with Crippen LogP contribution in [0.15, 0.2) is 18.2 Å². The van der Waals surface area contributed by atoms with Crippen LogP contribution in [0.3, 0.4) is 0 Å². The summed E-state index contributed by atoms with van der Waals surface area (Å²) in [4.78, 5) is 22.7. The lowest BCUT2D eigenvalue weighted by Crippen LogP contribution is -2.33. The second kappa shape index (κ2) is 6.03. The number of carbonyl (C=O) groups is 2. The molecule has 6 heteroatoms. The molecule has 0 radical (unpaired) electrons. The van der Waals surface area contributed by atoms with Gasteiger partial charge in [-0.15, -0.1) is 0 Å². The Labute approximate surface area is 123 Å². The van der Waals surface area contributed by atoms with E-state index in [4.69, 9.17) is 5.11 Å². The van der Waals surface area contributed by atoms with E-state index in [1.54, 1.807) is 0 Å². The smallest absolute Gasteiger partial charge is 0.339 e. The van der Waals surface area contributed by atoms with E-state index < -0.39 is 5.97 Å². The molecule has 1 aliphatic rings. The van der Waals surface area contributed by atoms with Crippen LogP contribution in [0.25, 0.3) is 0 Å². The van der Waals surface area contributed by atoms with E-state index >= 15 is 0 Å². The van der Waals surface area contributed by atoms with Gasteiger partial charge in [-0.1, -0.05) is 13.3 Å². The zero-order chi connectivity index (χ0) is 15.5. The minimum atomic E-state index is -1.24. The summed E-state index contributed by atoms with van der Waals surface area (Å²) in [7, 11) is 0. The summed E-state index contributed by atoms with van der Waals surface area (Å²) in [6.45, 7) is 2.76. The number of nitrogens with one attached hydrogen (secondary N) is 2. The highest BCUT2D eigenvalue weighted by molar-refractivity contribution is 5.95. The Bertz CT molecular complexity index is 553. The van der Waals surface area contributed by atoms with Gasteiger partial charge in [0, 0.05) is 12.2 Å². The molecule has 1 saturated carbocycles. The average molecular weight is 292 g/mol. The first kappa shape index (κ1) is 15.2. The molecule has 0 saturated heterocycles. The van der Waals surface area contributed by atoms with Gasteiger partial charge in [-0.25, -0.2) is 9.59 Å². The molecule has 0 spiro atoms. The number of carboxylic acid groups (broad SMARTS) is 1. The van der Waals surface area contributed by atoms with Crippen molar-refractivity contribution in [2.75, 3.05) is 11.9 Å². The highest BCUT2D eigenvalue weighted by Crippen LogP contribution is 2.48. The topological polar surface area (TPSA) is 98.7 Å². The maximum Gasteiger partial charge on any atom is 0.339 e. The van der Waals surface area contributed by atoms with E-state index in [0.29, 0.717) is 12.2 Å². The predicted molar refractivity (Wildman–Crippen MR) is 78.7 cm³/mol. The minimum absolute atomic E-state index is 0.238. The van der Waals surface area contributed by atoms with Gasteiger partial charge in [-0.2, -0.15) is 0 Å². The highest BCUT2D eigenvalue weighted by Gasteiger charge is 2.41. The van der Waals surface area contributed by atoms with Gasteiger partial charge in [-0.05, 0) is 42.9 Å². The van der Waals surface area contributed by atoms with Gasteiger partial charge >= 0.3 is 12.0 Å². The van der Waals surface area contributed by atoms with Gasteiger partial charge in [0.2, 0.25) is 0 Å². The van der Waals surface area contributed by atoms with Gasteiger partial charge in [0.05, 0.1) is 0 Å². The number of aromatic carboxylic acids is 1. The van der Waals surface area contributed by atoms with Crippen LogP contribution in [0.1, 0.15) is 43.0 Å². The second-order valence-corrected chi connectivity index (χ2v) is 5.59. The number of amides is 2. The minimum Gasteiger partial charge on any atom is -0.507 e.